The Labute approximate surface area is 191 Å². The first-order chi connectivity index (χ1) is 16.1. The van der Waals surface area contributed by atoms with Crippen LogP contribution in [0, 0.1) is 17.6 Å². The van der Waals surface area contributed by atoms with E-state index < -0.39 is 35.3 Å². The van der Waals surface area contributed by atoms with Gasteiger partial charge in [-0.25, -0.2) is 13.8 Å². The molecule has 0 saturated carbocycles. The van der Waals surface area contributed by atoms with E-state index in [-0.39, 0.29) is 29.7 Å². The molecule has 3 aromatic rings. The van der Waals surface area contributed by atoms with Gasteiger partial charge in [0.1, 0.15) is 12.3 Å². The Kier molecular flexibility index (Phi) is 6.49. The van der Waals surface area contributed by atoms with Gasteiger partial charge in [-0.2, -0.15) is 28.2 Å². The molecule has 34 heavy (non-hydrogen) atoms. The van der Waals surface area contributed by atoms with Crippen molar-refractivity contribution in [3.8, 4) is 11.6 Å². The Morgan fingerprint density at radius 2 is 1.85 bits per heavy atom. The molecule has 2 aromatic heterocycles. The third kappa shape index (κ3) is 4.85. The summed E-state index contributed by atoms with van der Waals surface area (Å²) in [6.07, 6.45) is 0.300. The summed E-state index contributed by atoms with van der Waals surface area (Å²) in [5.41, 5.74) is -1.04. The Morgan fingerprint density at radius 1 is 1.15 bits per heavy atom. The second-order valence-corrected chi connectivity index (χ2v) is 7.98. The van der Waals surface area contributed by atoms with Crippen LogP contribution in [0.1, 0.15) is 35.7 Å². The summed E-state index contributed by atoms with van der Waals surface area (Å²) in [4.78, 5) is 19.7. The molecular formula is C22H20F5N5O2. The summed E-state index contributed by atoms with van der Waals surface area (Å²) in [5, 5.41) is 7.82. The Bertz CT molecular complexity index is 1150. The lowest BCUT2D eigenvalue weighted by Gasteiger charge is -2.40. The number of rotatable bonds is 5. The van der Waals surface area contributed by atoms with Gasteiger partial charge in [0.05, 0.1) is 29.6 Å². The average Bonchev–Trinajstić information content (AvgIpc) is 3.34. The fourth-order valence-corrected chi connectivity index (χ4v) is 3.93. The van der Waals surface area contributed by atoms with Crippen molar-refractivity contribution in [2.24, 2.45) is 5.92 Å². The van der Waals surface area contributed by atoms with Crippen LogP contribution < -0.4 is 4.74 Å². The molecule has 0 bridgehead atoms. The lowest BCUT2D eigenvalue weighted by atomic mass is 9.90. The zero-order valence-corrected chi connectivity index (χ0v) is 18.0. The van der Waals surface area contributed by atoms with Gasteiger partial charge < -0.3 is 9.64 Å². The van der Waals surface area contributed by atoms with Gasteiger partial charge in [-0.15, -0.1) is 0 Å². The smallest absolute Gasteiger partial charge is 0.417 e. The summed E-state index contributed by atoms with van der Waals surface area (Å²) < 4.78 is 71.9. The lowest BCUT2D eigenvalue weighted by molar-refractivity contribution is -0.137. The van der Waals surface area contributed by atoms with E-state index in [9.17, 15) is 26.7 Å². The zero-order valence-electron chi connectivity index (χ0n) is 18.0. The summed E-state index contributed by atoms with van der Waals surface area (Å²) >= 11 is 0. The van der Waals surface area contributed by atoms with Gasteiger partial charge in [0.2, 0.25) is 5.88 Å². The van der Waals surface area contributed by atoms with Gasteiger partial charge in [0.15, 0.2) is 11.6 Å². The van der Waals surface area contributed by atoms with Crippen molar-refractivity contribution in [2.75, 3.05) is 13.2 Å². The predicted octanol–water partition coefficient (Wildman–Crippen LogP) is 4.28. The van der Waals surface area contributed by atoms with Crippen LogP contribution in [0.5, 0.6) is 5.88 Å². The minimum atomic E-state index is -4.52. The van der Waals surface area contributed by atoms with Crippen LogP contribution in [-0.2, 0) is 6.18 Å². The molecule has 1 fully saturated rings. The second-order valence-electron chi connectivity index (χ2n) is 7.98. The first-order valence-electron chi connectivity index (χ1n) is 10.5. The van der Waals surface area contributed by atoms with Gasteiger partial charge in [-0.3, -0.25) is 4.79 Å². The van der Waals surface area contributed by atoms with Crippen LogP contribution >= 0.6 is 0 Å². The van der Waals surface area contributed by atoms with Crippen LogP contribution in [-0.4, -0.2) is 50.0 Å². The summed E-state index contributed by atoms with van der Waals surface area (Å²) in [7, 11) is 0. The second kappa shape index (κ2) is 9.35. The molecule has 180 valence electrons. The number of amides is 1. The number of nitrogens with zero attached hydrogens (tertiary/aromatic N) is 5. The third-order valence-corrected chi connectivity index (χ3v) is 5.75. The first-order valence-corrected chi connectivity index (χ1v) is 10.5. The Morgan fingerprint density at radius 3 is 2.50 bits per heavy atom. The highest BCUT2D eigenvalue weighted by Gasteiger charge is 2.35. The van der Waals surface area contributed by atoms with E-state index in [1.165, 1.54) is 17.3 Å². The van der Waals surface area contributed by atoms with Gasteiger partial charge in [0, 0.05) is 24.9 Å². The van der Waals surface area contributed by atoms with Crippen molar-refractivity contribution in [3.63, 3.8) is 0 Å². The summed E-state index contributed by atoms with van der Waals surface area (Å²) in [6.45, 7) is 2.21. The number of benzene rings is 1. The van der Waals surface area contributed by atoms with Crippen LogP contribution in [0.15, 0.2) is 42.9 Å². The van der Waals surface area contributed by atoms with E-state index >= 15 is 0 Å². The molecule has 3 heterocycles. The van der Waals surface area contributed by atoms with Crippen molar-refractivity contribution in [1.29, 1.82) is 0 Å². The van der Waals surface area contributed by atoms with Crippen molar-refractivity contribution in [3.05, 3.63) is 65.6 Å². The highest BCUT2D eigenvalue weighted by atomic mass is 19.4. The number of pyridine rings is 1. The van der Waals surface area contributed by atoms with Gasteiger partial charge >= 0.3 is 6.18 Å². The normalized spacial score (nSPS) is 18.7. The number of ether oxygens (including phenoxy) is 1. The molecule has 1 amide bonds. The van der Waals surface area contributed by atoms with Crippen molar-refractivity contribution >= 4 is 5.91 Å². The summed E-state index contributed by atoms with van der Waals surface area (Å²) in [5.74, 6) is -2.95. The zero-order chi connectivity index (χ0) is 24.5. The van der Waals surface area contributed by atoms with Crippen LogP contribution in [0.4, 0.5) is 22.0 Å². The highest BCUT2D eigenvalue weighted by Crippen LogP contribution is 2.30. The number of carbonyl (C=O) groups is 1. The molecule has 1 aromatic carbocycles. The minimum Gasteiger partial charge on any atom is -0.475 e. The largest absolute Gasteiger partial charge is 0.475 e. The molecule has 0 N–H and O–H groups in total. The van der Waals surface area contributed by atoms with Crippen LogP contribution in [0.3, 0.4) is 0 Å². The van der Waals surface area contributed by atoms with Crippen LogP contribution in [0.2, 0.25) is 0 Å². The Hall–Kier alpha value is -3.57. The number of carbonyl (C=O) groups excluding carboxylic acids is 1. The maximum Gasteiger partial charge on any atom is 0.417 e. The predicted molar refractivity (Wildman–Crippen MR) is 109 cm³/mol. The molecule has 0 unspecified atom stereocenters. The molecular weight excluding hydrogens is 461 g/mol. The van der Waals surface area contributed by atoms with E-state index in [1.54, 1.807) is 0 Å². The van der Waals surface area contributed by atoms with Crippen molar-refractivity contribution in [1.82, 2.24) is 24.9 Å². The standard InChI is InChI=1S/C22H20F5N5O2/c1-13-3-2-8-31(19(13)12-34-20-5-4-14(11-28-20)22(25,26)27)21(33)15-9-16(23)17(24)10-18(15)32-29-6-7-30-32/h4-7,9-11,13,19H,2-3,8,12H2,1H3/t13-,19-/m1/s1. The molecule has 1 saturated heterocycles. The van der Waals surface area contributed by atoms with Crippen LogP contribution in [0.25, 0.3) is 5.69 Å². The molecule has 0 radical (unpaired) electrons. The average molecular weight is 481 g/mol. The lowest BCUT2D eigenvalue weighted by Crippen LogP contribution is -2.51. The molecule has 2 atom stereocenters. The van der Waals surface area contributed by atoms with E-state index in [2.05, 4.69) is 15.2 Å². The summed E-state index contributed by atoms with van der Waals surface area (Å²) in [6, 6.07) is 3.16. The molecule has 1 aliphatic heterocycles. The minimum absolute atomic E-state index is 0.0174. The third-order valence-electron chi connectivity index (χ3n) is 5.75. The first kappa shape index (κ1) is 23.6. The maximum atomic E-state index is 14.1. The van der Waals surface area contributed by atoms with E-state index in [4.69, 9.17) is 4.74 Å². The number of halogens is 5. The molecule has 0 aliphatic carbocycles. The van der Waals surface area contributed by atoms with Crippen molar-refractivity contribution < 1.29 is 31.5 Å². The fraction of sp³-hybridized carbons (Fsp3) is 0.364. The molecule has 7 nitrogen and oxygen atoms in total. The molecule has 0 spiro atoms. The molecule has 4 rings (SSSR count). The maximum absolute atomic E-state index is 14.1. The number of hydrogen-bond acceptors (Lipinski definition) is 5. The number of aromatic nitrogens is 4. The molecule has 1 aliphatic rings. The van der Waals surface area contributed by atoms with E-state index in [0.29, 0.717) is 19.2 Å². The van der Waals surface area contributed by atoms with Crippen molar-refractivity contribution in [2.45, 2.75) is 32.0 Å². The number of hydrogen-bond donors (Lipinski definition) is 0. The van der Waals surface area contributed by atoms with Gasteiger partial charge in [-0.05, 0) is 30.9 Å². The van der Waals surface area contributed by atoms with Gasteiger partial charge in [-0.1, -0.05) is 6.92 Å². The fourth-order valence-electron chi connectivity index (χ4n) is 3.93. The quantitative estimate of drug-likeness (QED) is 0.509. The number of likely N-dealkylation sites (tertiary alicyclic amines) is 1. The number of alkyl halides is 3. The monoisotopic (exact) mass is 481 g/mol. The van der Waals surface area contributed by atoms with Gasteiger partial charge in [0.25, 0.3) is 5.91 Å². The number of piperidine rings is 1. The Balaban J connectivity index is 1.58. The highest BCUT2D eigenvalue weighted by molar-refractivity contribution is 5.98. The van der Waals surface area contributed by atoms with E-state index in [1.807, 2.05) is 6.92 Å². The molecule has 12 heteroatoms. The van der Waals surface area contributed by atoms with E-state index in [0.717, 1.165) is 35.5 Å². The topological polar surface area (TPSA) is 73.1 Å². The SMILES string of the molecule is C[C@@H]1CCCN(C(=O)c2cc(F)c(F)cc2-n2nccn2)[C@@H]1COc1ccc(C(F)(F)F)cn1.